The molecule has 0 atom stereocenters. The zero-order valence-corrected chi connectivity index (χ0v) is 10.1. The van der Waals surface area contributed by atoms with Gasteiger partial charge >= 0.3 is 6.09 Å². The number of halogens is 1. The molecule has 1 N–H and O–H groups in total. The second kappa shape index (κ2) is 7.68. The highest BCUT2D eigenvalue weighted by Gasteiger charge is 2.06. The van der Waals surface area contributed by atoms with Gasteiger partial charge in [-0.2, -0.15) is 0 Å². The predicted octanol–water partition coefficient (Wildman–Crippen LogP) is 3.27. The maximum absolute atomic E-state index is 13.0. The summed E-state index contributed by atoms with van der Waals surface area (Å²) < 4.78 is 17.6. The highest BCUT2D eigenvalue weighted by Crippen LogP contribution is 2.18. The molecule has 90 valence electrons. The van der Waals surface area contributed by atoms with Crippen LogP contribution in [0.15, 0.2) is 18.2 Å². The van der Waals surface area contributed by atoms with Crippen LogP contribution >= 0.6 is 0 Å². The molecule has 1 aromatic rings. The third-order valence-corrected chi connectivity index (χ3v) is 1.49. The Morgan fingerprint density at radius 2 is 2.00 bits per heavy atom. The van der Waals surface area contributed by atoms with Crippen molar-refractivity contribution in [2.45, 2.75) is 27.2 Å². The van der Waals surface area contributed by atoms with Crippen molar-refractivity contribution in [3.05, 3.63) is 29.6 Å². The first-order valence-electron chi connectivity index (χ1n) is 5.20. The van der Waals surface area contributed by atoms with E-state index in [1.807, 2.05) is 0 Å². The van der Waals surface area contributed by atoms with Gasteiger partial charge in [-0.3, -0.25) is 0 Å². The van der Waals surface area contributed by atoms with Gasteiger partial charge < -0.3 is 10.1 Å². The van der Waals surface area contributed by atoms with Crippen LogP contribution in [0.25, 0.3) is 0 Å². The highest BCUT2D eigenvalue weighted by molar-refractivity contribution is 5.70. The number of amides is 1. The average Bonchev–Trinajstić information content (AvgIpc) is 2.24. The lowest BCUT2D eigenvalue weighted by Crippen LogP contribution is -2.22. The van der Waals surface area contributed by atoms with E-state index in [4.69, 9.17) is 0 Å². The van der Waals surface area contributed by atoms with E-state index in [2.05, 4.69) is 23.9 Å². The first-order chi connectivity index (χ1) is 7.54. The molecule has 0 saturated heterocycles. The van der Waals surface area contributed by atoms with Gasteiger partial charge in [0, 0.05) is 7.05 Å². The van der Waals surface area contributed by atoms with Gasteiger partial charge in [-0.05, 0) is 24.6 Å². The molecule has 3 nitrogen and oxygen atoms in total. The van der Waals surface area contributed by atoms with Crippen molar-refractivity contribution < 1.29 is 13.9 Å². The second-order valence-electron chi connectivity index (χ2n) is 3.28. The third-order valence-electron chi connectivity index (χ3n) is 1.49. The summed E-state index contributed by atoms with van der Waals surface area (Å²) in [4.78, 5) is 10.7. The molecule has 1 amide bonds. The molecule has 0 fully saturated rings. The Bertz CT molecular complexity index is 340. The second-order valence-corrected chi connectivity index (χ2v) is 3.28. The van der Waals surface area contributed by atoms with E-state index >= 15 is 0 Å². The van der Waals surface area contributed by atoms with E-state index in [0.717, 1.165) is 5.56 Å². The van der Waals surface area contributed by atoms with Crippen LogP contribution in [0.2, 0.25) is 0 Å². The Hall–Kier alpha value is -1.58. The molecule has 1 aromatic carbocycles. The number of rotatable bonds is 1. The molecule has 0 spiro atoms. The minimum atomic E-state index is -0.676. The quantitative estimate of drug-likeness (QED) is 0.799. The van der Waals surface area contributed by atoms with Crippen molar-refractivity contribution in [1.29, 1.82) is 0 Å². The number of hydrogen-bond acceptors (Lipinski definition) is 2. The summed E-state index contributed by atoms with van der Waals surface area (Å²) in [6.45, 7) is 6.04. The standard InChI is InChI=1S/C9H10FNO2.C3H8/c1-6-3-4-7(10)8(5-6)13-9(12)11-2;1-3-2/h3-5H,1-2H3,(H,11,12);3H2,1-2H3. The average molecular weight is 227 g/mol. The zero-order valence-electron chi connectivity index (χ0n) is 10.1. The number of nitrogens with one attached hydrogen (secondary N) is 1. The van der Waals surface area contributed by atoms with Crippen LogP contribution in [0.1, 0.15) is 25.8 Å². The number of carbonyl (C=O) groups is 1. The normalized spacial score (nSPS) is 8.81. The van der Waals surface area contributed by atoms with Crippen LogP contribution in [0, 0.1) is 12.7 Å². The number of hydrogen-bond donors (Lipinski definition) is 1. The van der Waals surface area contributed by atoms with Gasteiger partial charge in [0.05, 0.1) is 0 Å². The smallest absolute Gasteiger partial charge is 0.407 e. The van der Waals surface area contributed by atoms with Crippen LogP contribution in [0.5, 0.6) is 5.75 Å². The summed E-state index contributed by atoms with van der Waals surface area (Å²) in [6, 6.07) is 4.32. The first kappa shape index (κ1) is 14.4. The largest absolute Gasteiger partial charge is 0.412 e. The SMILES string of the molecule is CCC.CNC(=O)Oc1cc(C)ccc1F. The minimum Gasteiger partial charge on any atom is -0.407 e. The van der Waals surface area contributed by atoms with Crippen molar-refractivity contribution in [3.63, 3.8) is 0 Å². The predicted molar refractivity (Wildman–Crippen MR) is 62.2 cm³/mol. The molecule has 0 aliphatic rings. The first-order valence-corrected chi connectivity index (χ1v) is 5.20. The fourth-order valence-corrected chi connectivity index (χ4v) is 0.840. The fourth-order valence-electron chi connectivity index (χ4n) is 0.840. The van der Waals surface area contributed by atoms with Crippen molar-refractivity contribution in [2.75, 3.05) is 7.05 Å². The number of carbonyl (C=O) groups excluding carboxylic acids is 1. The number of ether oxygens (including phenoxy) is 1. The van der Waals surface area contributed by atoms with Crippen molar-refractivity contribution in [3.8, 4) is 5.75 Å². The maximum Gasteiger partial charge on any atom is 0.412 e. The zero-order chi connectivity index (χ0) is 12.6. The van der Waals surface area contributed by atoms with Gasteiger partial charge in [0.25, 0.3) is 0 Å². The number of aryl methyl sites for hydroxylation is 1. The van der Waals surface area contributed by atoms with Crippen LogP contribution in [0.3, 0.4) is 0 Å². The fraction of sp³-hybridized carbons (Fsp3) is 0.417. The lowest BCUT2D eigenvalue weighted by Gasteiger charge is -2.04. The Kier molecular flexibility index (Phi) is 6.92. The summed E-state index contributed by atoms with van der Waals surface area (Å²) in [6.07, 6.45) is 0.574. The van der Waals surface area contributed by atoms with E-state index in [1.165, 1.54) is 25.6 Å². The van der Waals surface area contributed by atoms with Gasteiger partial charge in [0.1, 0.15) is 0 Å². The molecular weight excluding hydrogens is 209 g/mol. The Morgan fingerprint density at radius 3 is 2.50 bits per heavy atom. The van der Waals surface area contributed by atoms with Crippen LogP contribution in [-0.4, -0.2) is 13.1 Å². The molecule has 16 heavy (non-hydrogen) atoms. The lowest BCUT2D eigenvalue weighted by atomic mass is 10.2. The van der Waals surface area contributed by atoms with Gasteiger partial charge in [-0.25, -0.2) is 9.18 Å². The van der Waals surface area contributed by atoms with Crippen LogP contribution in [0.4, 0.5) is 9.18 Å². The summed E-state index contributed by atoms with van der Waals surface area (Å²) in [5.41, 5.74) is 0.834. The molecule has 4 heteroatoms. The Labute approximate surface area is 95.6 Å². The molecule has 0 aromatic heterocycles. The molecular formula is C12H18FNO2. The molecule has 0 saturated carbocycles. The maximum atomic E-state index is 13.0. The molecule has 0 radical (unpaired) electrons. The van der Waals surface area contributed by atoms with Gasteiger partial charge in [-0.1, -0.05) is 26.3 Å². The van der Waals surface area contributed by atoms with Crippen molar-refractivity contribution in [2.24, 2.45) is 0 Å². The van der Waals surface area contributed by atoms with E-state index in [0.29, 0.717) is 0 Å². The lowest BCUT2D eigenvalue weighted by molar-refractivity contribution is 0.201. The van der Waals surface area contributed by atoms with E-state index in [-0.39, 0.29) is 5.75 Å². The topological polar surface area (TPSA) is 38.3 Å². The summed E-state index contributed by atoms with van der Waals surface area (Å²) >= 11 is 0. The molecule has 0 bridgehead atoms. The summed E-state index contributed by atoms with van der Waals surface area (Å²) in [7, 11) is 1.41. The Morgan fingerprint density at radius 1 is 1.44 bits per heavy atom. The minimum absolute atomic E-state index is 0.0562. The third kappa shape index (κ3) is 5.34. The molecule has 0 aliphatic carbocycles. The molecule has 0 heterocycles. The molecule has 0 aliphatic heterocycles. The van der Waals surface area contributed by atoms with Crippen molar-refractivity contribution in [1.82, 2.24) is 5.32 Å². The summed E-state index contributed by atoms with van der Waals surface area (Å²) in [5.74, 6) is -0.603. The Balaban J connectivity index is 0.000000673. The van der Waals surface area contributed by atoms with E-state index < -0.39 is 11.9 Å². The van der Waals surface area contributed by atoms with Crippen LogP contribution in [-0.2, 0) is 0 Å². The number of benzene rings is 1. The van der Waals surface area contributed by atoms with E-state index in [9.17, 15) is 9.18 Å². The highest BCUT2D eigenvalue weighted by atomic mass is 19.1. The van der Waals surface area contributed by atoms with Gasteiger partial charge in [0.2, 0.25) is 0 Å². The van der Waals surface area contributed by atoms with Crippen molar-refractivity contribution >= 4 is 6.09 Å². The molecule has 1 rings (SSSR count). The van der Waals surface area contributed by atoms with Gasteiger partial charge in [-0.15, -0.1) is 0 Å². The van der Waals surface area contributed by atoms with Crippen LogP contribution < -0.4 is 10.1 Å². The van der Waals surface area contributed by atoms with E-state index in [1.54, 1.807) is 13.0 Å². The molecule has 0 unspecified atom stereocenters. The monoisotopic (exact) mass is 227 g/mol. The summed E-state index contributed by atoms with van der Waals surface area (Å²) in [5, 5.41) is 2.23. The van der Waals surface area contributed by atoms with Gasteiger partial charge in [0.15, 0.2) is 11.6 Å².